The highest BCUT2D eigenvalue weighted by atomic mass is 32.2. The second kappa shape index (κ2) is 6.61. The first-order chi connectivity index (χ1) is 12.1. The van der Waals surface area contributed by atoms with Gasteiger partial charge in [0.05, 0.1) is 16.4 Å². The van der Waals surface area contributed by atoms with Gasteiger partial charge in [0.1, 0.15) is 0 Å². The summed E-state index contributed by atoms with van der Waals surface area (Å²) >= 11 is 0. The van der Waals surface area contributed by atoms with Crippen LogP contribution in [0.25, 0.3) is 0 Å². The van der Waals surface area contributed by atoms with Gasteiger partial charge < -0.3 is 4.90 Å². The number of hydrogen-bond donors (Lipinski definition) is 0. The van der Waals surface area contributed by atoms with Crippen LogP contribution in [0.5, 0.6) is 0 Å². The van der Waals surface area contributed by atoms with Gasteiger partial charge in [0.2, 0.25) is 15.9 Å². The highest BCUT2D eigenvalue weighted by Crippen LogP contribution is 2.35. The minimum absolute atomic E-state index is 0.0114. The van der Waals surface area contributed by atoms with E-state index in [0.717, 1.165) is 11.3 Å². The molecule has 0 aliphatic carbocycles. The third-order valence-corrected chi connectivity index (χ3v) is 8.91. The van der Waals surface area contributed by atoms with Crippen LogP contribution in [0.15, 0.2) is 23.1 Å². The van der Waals surface area contributed by atoms with Gasteiger partial charge in [-0.3, -0.25) is 4.79 Å². The zero-order chi connectivity index (χ0) is 19.3. The molecule has 0 bridgehead atoms. The maximum atomic E-state index is 13.1. The molecular formula is C17H24N2O5S2. The molecule has 0 radical (unpaired) electrons. The Bertz CT molecular complexity index is 940. The Balaban J connectivity index is 1.96. The van der Waals surface area contributed by atoms with Gasteiger partial charge in [-0.2, -0.15) is 4.31 Å². The maximum absolute atomic E-state index is 13.1. The number of sulfone groups is 1. The Morgan fingerprint density at radius 2 is 2.04 bits per heavy atom. The number of carbonyl (C=O) groups excluding carboxylic acids is 1. The van der Waals surface area contributed by atoms with Crippen LogP contribution < -0.4 is 4.90 Å². The van der Waals surface area contributed by atoms with Crippen molar-refractivity contribution in [3.05, 3.63) is 23.8 Å². The number of benzene rings is 1. The van der Waals surface area contributed by atoms with Crippen LogP contribution in [-0.4, -0.2) is 57.2 Å². The monoisotopic (exact) mass is 400 g/mol. The molecule has 7 nitrogen and oxygen atoms in total. The molecule has 0 spiro atoms. The molecule has 1 aromatic carbocycles. The van der Waals surface area contributed by atoms with Crippen molar-refractivity contribution in [2.45, 2.75) is 50.6 Å². The van der Waals surface area contributed by atoms with E-state index >= 15 is 0 Å². The summed E-state index contributed by atoms with van der Waals surface area (Å²) in [5.74, 6) is -0.169. The third kappa shape index (κ3) is 3.27. The van der Waals surface area contributed by atoms with Crippen molar-refractivity contribution in [1.82, 2.24) is 4.31 Å². The van der Waals surface area contributed by atoms with Gasteiger partial charge in [0, 0.05) is 31.2 Å². The van der Waals surface area contributed by atoms with Crippen LogP contribution in [0.2, 0.25) is 0 Å². The van der Waals surface area contributed by atoms with E-state index in [1.54, 1.807) is 24.0 Å². The Hall–Kier alpha value is -1.45. The van der Waals surface area contributed by atoms with Crippen molar-refractivity contribution in [3.8, 4) is 0 Å². The molecule has 2 atom stereocenters. The largest absolute Gasteiger partial charge is 0.309 e. The van der Waals surface area contributed by atoms with E-state index in [1.807, 2.05) is 6.92 Å². The second-order valence-corrected chi connectivity index (χ2v) is 11.1. The highest BCUT2D eigenvalue weighted by molar-refractivity contribution is 7.92. The van der Waals surface area contributed by atoms with E-state index in [1.165, 1.54) is 17.3 Å². The number of rotatable bonds is 4. The minimum atomic E-state index is -3.80. The Labute approximate surface area is 155 Å². The molecule has 1 aromatic rings. The molecule has 0 aromatic heterocycles. The lowest BCUT2D eigenvalue weighted by Gasteiger charge is -2.26. The van der Waals surface area contributed by atoms with E-state index < -0.39 is 25.9 Å². The summed E-state index contributed by atoms with van der Waals surface area (Å²) in [5, 5.41) is 0. The van der Waals surface area contributed by atoms with E-state index in [4.69, 9.17) is 0 Å². The molecule has 144 valence electrons. The summed E-state index contributed by atoms with van der Waals surface area (Å²) in [6.45, 7) is 5.36. The molecule has 3 rings (SSSR count). The van der Waals surface area contributed by atoms with Crippen molar-refractivity contribution in [2.24, 2.45) is 0 Å². The molecule has 2 aliphatic rings. The number of carbonyl (C=O) groups is 1. The number of fused-ring (bicyclic) bond motifs is 1. The lowest BCUT2D eigenvalue weighted by atomic mass is 10.1. The van der Waals surface area contributed by atoms with E-state index in [9.17, 15) is 21.6 Å². The van der Waals surface area contributed by atoms with Crippen LogP contribution in [0.1, 0.15) is 32.8 Å². The highest BCUT2D eigenvalue weighted by Gasteiger charge is 2.38. The molecule has 26 heavy (non-hydrogen) atoms. The smallest absolute Gasteiger partial charge is 0.243 e. The Morgan fingerprint density at radius 1 is 1.35 bits per heavy atom. The summed E-state index contributed by atoms with van der Waals surface area (Å²) in [7, 11) is -6.97. The van der Waals surface area contributed by atoms with Crippen LogP contribution >= 0.6 is 0 Å². The third-order valence-electron chi connectivity index (χ3n) is 5.14. The van der Waals surface area contributed by atoms with Crippen LogP contribution in [-0.2, 0) is 31.1 Å². The van der Waals surface area contributed by atoms with Crippen molar-refractivity contribution in [1.29, 1.82) is 0 Å². The average molecular weight is 401 g/mol. The van der Waals surface area contributed by atoms with Crippen LogP contribution in [0, 0.1) is 0 Å². The summed E-state index contributed by atoms with van der Waals surface area (Å²) in [6.07, 6.45) is 0.928. The molecule has 2 aliphatic heterocycles. The molecule has 0 unspecified atom stereocenters. The molecule has 1 saturated heterocycles. The van der Waals surface area contributed by atoms with E-state index in [2.05, 4.69) is 0 Å². The molecule has 9 heteroatoms. The number of anilines is 1. The predicted molar refractivity (Wildman–Crippen MR) is 99.4 cm³/mol. The summed E-state index contributed by atoms with van der Waals surface area (Å²) in [4.78, 5) is 13.7. The van der Waals surface area contributed by atoms with Crippen molar-refractivity contribution < 1.29 is 21.6 Å². The van der Waals surface area contributed by atoms with E-state index in [0.29, 0.717) is 12.8 Å². The Kier molecular flexibility index (Phi) is 4.91. The second-order valence-electron chi connectivity index (χ2n) is 7.00. The lowest BCUT2D eigenvalue weighted by molar-refractivity contribution is -0.116. The standard InChI is InChI=1S/C17H24N2O5S2/c1-4-18(15-7-8-25(21,22)11-15)26(23,24)16-5-6-17-14(10-16)9-12(2)19(17)13(3)20/h5-6,10,12,15H,4,7-9,11H2,1-3H3/t12-,15-/m0/s1. The van der Waals surface area contributed by atoms with Gasteiger partial charge in [-0.25, -0.2) is 16.8 Å². The summed E-state index contributed by atoms with van der Waals surface area (Å²) in [5.41, 5.74) is 1.57. The summed E-state index contributed by atoms with van der Waals surface area (Å²) in [6, 6.07) is 4.27. The van der Waals surface area contributed by atoms with Gasteiger partial charge in [0.25, 0.3) is 0 Å². The van der Waals surface area contributed by atoms with Gasteiger partial charge in [-0.05, 0) is 43.5 Å². The first-order valence-corrected chi connectivity index (χ1v) is 12.0. The first kappa shape index (κ1) is 19.3. The molecule has 2 heterocycles. The molecule has 1 fully saturated rings. The van der Waals surface area contributed by atoms with Gasteiger partial charge in [-0.1, -0.05) is 6.92 Å². The number of hydrogen-bond acceptors (Lipinski definition) is 5. The zero-order valence-electron chi connectivity index (χ0n) is 15.2. The minimum Gasteiger partial charge on any atom is -0.309 e. The Morgan fingerprint density at radius 3 is 2.58 bits per heavy atom. The fourth-order valence-electron chi connectivity index (χ4n) is 4.01. The first-order valence-electron chi connectivity index (χ1n) is 8.72. The average Bonchev–Trinajstić information content (AvgIpc) is 3.05. The molecular weight excluding hydrogens is 376 g/mol. The number of sulfonamides is 1. The quantitative estimate of drug-likeness (QED) is 0.757. The predicted octanol–water partition coefficient (Wildman–Crippen LogP) is 1.18. The topological polar surface area (TPSA) is 91.8 Å². The fraction of sp³-hybridized carbons (Fsp3) is 0.588. The molecule has 0 N–H and O–H groups in total. The summed E-state index contributed by atoms with van der Waals surface area (Å²) < 4.78 is 51.0. The zero-order valence-corrected chi connectivity index (χ0v) is 16.8. The van der Waals surface area contributed by atoms with Crippen molar-refractivity contribution in [3.63, 3.8) is 0 Å². The molecule has 1 amide bonds. The van der Waals surface area contributed by atoms with Crippen molar-refractivity contribution in [2.75, 3.05) is 23.0 Å². The van der Waals surface area contributed by atoms with Gasteiger partial charge in [0.15, 0.2) is 9.84 Å². The van der Waals surface area contributed by atoms with Gasteiger partial charge in [-0.15, -0.1) is 0 Å². The number of nitrogens with zero attached hydrogens (tertiary/aromatic N) is 2. The lowest BCUT2D eigenvalue weighted by Crippen LogP contribution is -2.40. The van der Waals surface area contributed by atoms with Crippen LogP contribution in [0.4, 0.5) is 5.69 Å². The van der Waals surface area contributed by atoms with E-state index in [-0.39, 0.29) is 34.9 Å². The molecule has 0 saturated carbocycles. The number of amides is 1. The van der Waals surface area contributed by atoms with Crippen LogP contribution in [0.3, 0.4) is 0 Å². The van der Waals surface area contributed by atoms with Crippen molar-refractivity contribution >= 4 is 31.5 Å². The normalized spacial score (nSPS) is 24.8. The maximum Gasteiger partial charge on any atom is 0.243 e. The SMILES string of the molecule is CCN([C@H]1CCS(=O)(=O)C1)S(=O)(=O)c1ccc2c(c1)C[C@H](C)N2C(C)=O. The van der Waals surface area contributed by atoms with Gasteiger partial charge >= 0.3 is 0 Å². The fourth-order valence-corrected chi connectivity index (χ4v) is 7.55.